The second kappa shape index (κ2) is 5.47. The molecule has 0 aliphatic rings. The van der Waals surface area contributed by atoms with Crippen LogP contribution < -0.4 is 0 Å². The Morgan fingerprint density at radius 3 is 2.90 bits per heavy atom. The van der Waals surface area contributed by atoms with Gasteiger partial charge in [0.05, 0.1) is 5.69 Å². The summed E-state index contributed by atoms with van der Waals surface area (Å²) in [5.41, 5.74) is 3.70. The lowest BCUT2D eigenvalue weighted by Crippen LogP contribution is -2.00. The van der Waals surface area contributed by atoms with Gasteiger partial charge in [0.25, 0.3) is 0 Å². The summed E-state index contributed by atoms with van der Waals surface area (Å²) in [5.74, 6) is 0. The van der Waals surface area contributed by atoms with Gasteiger partial charge in [-0.3, -0.25) is 0 Å². The smallest absolute Gasteiger partial charge is 0.137 e. The van der Waals surface area contributed by atoms with Gasteiger partial charge in [0.15, 0.2) is 0 Å². The monoisotopic (exact) mass is 266 g/mol. The van der Waals surface area contributed by atoms with Crippen LogP contribution in [-0.4, -0.2) is 14.5 Å². The number of benzene rings is 1. The number of aromatic nitrogens is 2. The van der Waals surface area contributed by atoms with Crippen LogP contribution >= 0.6 is 0 Å². The van der Waals surface area contributed by atoms with Crippen molar-refractivity contribution in [3.8, 4) is 0 Å². The van der Waals surface area contributed by atoms with E-state index in [4.69, 9.17) is 0 Å². The van der Waals surface area contributed by atoms with Gasteiger partial charge in [-0.2, -0.15) is 0 Å². The van der Waals surface area contributed by atoms with E-state index in [0.29, 0.717) is 5.69 Å². The second-order valence-corrected chi connectivity index (χ2v) is 5.03. The van der Waals surface area contributed by atoms with Crippen LogP contribution in [0, 0.1) is 0 Å². The SMILES string of the molecule is CCCc1cccc(C(O)c2cn3ccccc3n2)c1. The summed E-state index contributed by atoms with van der Waals surface area (Å²) in [6, 6.07) is 13.9. The first-order valence-electron chi connectivity index (χ1n) is 6.98. The Hall–Kier alpha value is -2.13. The summed E-state index contributed by atoms with van der Waals surface area (Å²) in [5, 5.41) is 10.5. The number of aryl methyl sites for hydroxylation is 1. The molecule has 0 spiro atoms. The predicted octanol–water partition coefficient (Wildman–Crippen LogP) is 3.37. The third-order valence-electron chi connectivity index (χ3n) is 3.47. The molecule has 1 atom stereocenters. The molecule has 102 valence electrons. The van der Waals surface area contributed by atoms with Gasteiger partial charge in [0.1, 0.15) is 11.8 Å². The van der Waals surface area contributed by atoms with E-state index in [1.54, 1.807) is 0 Å². The molecule has 0 aliphatic carbocycles. The highest BCUT2D eigenvalue weighted by Crippen LogP contribution is 2.22. The van der Waals surface area contributed by atoms with Crippen molar-refractivity contribution < 1.29 is 5.11 Å². The lowest BCUT2D eigenvalue weighted by atomic mass is 10.0. The van der Waals surface area contributed by atoms with Gasteiger partial charge in [0, 0.05) is 12.4 Å². The van der Waals surface area contributed by atoms with E-state index in [2.05, 4.69) is 24.0 Å². The molecule has 0 saturated carbocycles. The molecule has 1 unspecified atom stereocenters. The van der Waals surface area contributed by atoms with Crippen LogP contribution in [-0.2, 0) is 6.42 Å². The molecular formula is C17H18N2O. The third kappa shape index (κ3) is 2.45. The first-order chi connectivity index (χ1) is 9.78. The first kappa shape index (κ1) is 12.9. The molecule has 0 saturated heterocycles. The summed E-state index contributed by atoms with van der Waals surface area (Å²) < 4.78 is 1.93. The maximum Gasteiger partial charge on any atom is 0.137 e. The normalized spacial score (nSPS) is 12.7. The summed E-state index contributed by atoms with van der Waals surface area (Å²) in [7, 11) is 0. The zero-order valence-electron chi connectivity index (χ0n) is 11.5. The second-order valence-electron chi connectivity index (χ2n) is 5.03. The van der Waals surface area contributed by atoms with Crippen LogP contribution in [0.5, 0.6) is 0 Å². The Labute approximate surface area is 118 Å². The number of hydrogen-bond acceptors (Lipinski definition) is 2. The maximum absolute atomic E-state index is 10.5. The maximum atomic E-state index is 10.5. The Bertz CT molecular complexity index is 685. The van der Waals surface area contributed by atoms with Crippen molar-refractivity contribution in [3.63, 3.8) is 0 Å². The molecule has 2 heterocycles. The van der Waals surface area contributed by atoms with Crippen molar-refractivity contribution >= 4 is 5.65 Å². The number of nitrogens with zero attached hydrogens (tertiary/aromatic N) is 2. The predicted molar refractivity (Wildman–Crippen MR) is 79.7 cm³/mol. The molecule has 0 radical (unpaired) electrons. The van der Waals surface area contributed by atoms with Gasteiger partial charge in [-0.05, 0) is 29.7 Å². The zero-order chi connectivity index (χ0) is 13.9. The van der Waals surface area contributed by atoms with Crippen LogP contribution in [0.1, 0.15) is 36.3 Å². The van der Waals surface area contributed by atoms with Crippen LogP contribution in [0.25, 0.3) is 5.65 Å². The van der Waals surface area contributed by atoms with E-state index >= 15 is 0 Å². The van der Waals surface area contributed by atoms with Gasteiger partial charge >= 0.3 is 0 Å². The average molecular weight is 266 g/mol. The summed E-state index contributed by atoms with van der Waals surface area (Å²) >= 11 is 0. The zero-order valence-corrected chi connectivity index (χ0v) is 11.5. The van der Waals surface area contributed by atoms with Crippen molar-refractivity contribution in [2.75, 3.05) is 0 Å². The molecule has 0 amide bonds. The standard InChI is InChI=1S/C17H18N2O/c1-2-6-13-7-5-8-14(11-13)17(20)15-12-19-10-4-3-9-16(19)18-15/h3-5,7-12,17,20H,2,6H2,1H3. The Kier molecular flexibility index (Phi) is 3.52. The van der Waals surface area contributed by atoms with Crippen molar-refractivity contribution in [1.82, 2.24) is 9.38 Å². The van der Waals surface area contributed by atoms with Crippen molar-refractivity contribution in [2.45, 2.75) is 25.9 Å². The molecule has 20 heavy (non-hydrogen) atoms. The van der Waals surface area contributed by atoms with Crippen molar-refractivity contribution in [2.24, 2.45) is 0 Å². The minimum Gasteiger partial charge on any atom is -0.382 e. The van der Waals surface area contributed by atoms with Crippen molar-refractivity contribution in [1.29, 1.82) is 0 Å². The molecule has 1 N–H and O–H groups in total. The number of hydrogen-bond donors (Lipinski definition) is 1. The first-order valence-corrected chi connectivity index (χ1v) is 6.98. The minimum atomic E-state index is -0.674. The molecule has 0 aliphatic heterocycles. The molecular weight excluding hydrogens is 248 g/mol. The Morgan fingerprint density at radius 2 is 2.10 bits per heavy atom. The number of fused-ring (bicyclic) bond motifs is 1. The molecule has 0 bridgehead atoms. The van der Waals surface area contributed by atoms with Gasteiger partial charge in [0.2, 0.25) is 0 Å². The van der Waals surface area contributed by atoms with Crippen LogP contribution in [0.4, 0.5) is 0 Å². The fourth-order valence-corrected chi connectivity index (χ4v) is 2.46. The topological polar surface area (TPSA) is 37.5 Å². The fraction of sp³-hybridized carbons (Fsp3) is 0.235. The van der Waals surface area contributed by atoms with Gasteiger partial charge in [-0.25, -0.2) is 4.98 Å². The molecule has 3 nitrogen and oxygen atoms in total. The molecule has 3 aromatic rings. The van der Waals surface area contributed by atoms with E-state index in [1.807, 2.05) is 47.1 Å². The lowest BCUT2D eigenvalue weighted by Gasteiger charge is -2.09. The van der Waals surface area contributed by atoms with Gasteiger partial charge in [-0.15, -0.1) is 0 Å². The molecule has 3 heteroatoms. The average Bonchev–Trinajstić information content (AvgIpc) is 2.91. The fourth-order valence-electron chi connectivity index (χ4n) is 2.46. The molecule has 2 aromatic heterocycles. The number of rotatable bonds is 4. The highest BCUT2D eigenvalue weighted by molar-refractivity contribution is 5.41. The summed E-state index contributed by atoms with van der Waals surface area (Å²) in [6.45, 7) is 2.16. The molecule has 3 rings (SSSR count). The number of aliphatic hydroxyl groups is 1. The quantitative estimate of drug-likeness (QED) is 0.786. The highest BCUT2D eigenvalue weighted by atomic mass is 16.3. The highest BCUT2D eigenvalue weighted by Gasteiger charge is 2.14. The van der Waals surface area contributed by atoms with Crippen molar-refractivity contribution in [3.05, 3.63) is 71.7 Å². The largest absolute Gasteiger partial charge is 0.382 e. The van der Waals surface area contributed by atoms with Crippen LogP contribution in [0.2, 0.25) is 0 Å². The summed E-state index contributed by atoms with van der Waals surface area (Å²) in [6.07, 6.45) is 5.28. The van der Waals surface area contributed by atoms with E-state index in [1.165, 1.54) is 5.56 Å². The Balaban J connectivity index is 1.94. The third-order valence-corrected chi connectivity index (χ3v) is 3.47. The number of pyridine rings is 1. The number of aliphatic hydroxyl groups excluding tert-OH is 1. The molecule has 0 fully saturated rings. The lowest BCUT2D eigenvalue weighted by molar-refractivity contribution is 0.216. The van der Waals surface area contributed by atoms with E-state index in [-0.39, 0.29) is 0 Å². The van der Waals surface area contributed by atoms with Gasteiger partial charge < -0.3 is 9.51 Å². The molecule has 1 aromatic carbocycles. The van der Waals surface area contributed by atoms with Gasteiger partial charge in [-0.1, -0.05) is 43.7 Å². The van der Waals surface area contributed by atoms with Crippen LogP contribution in [0.15, 0.2) is 54.9 Å². The van der Waals surface area contributed by atoms with E-state index in [9.17, 15) is 5.11 Å². The van der Waals surface area contributed by atoms with E-state index in [0.717, 1.165) is 24.1 Å². The van der Waals surface area contributed by atoms with E-state index < -0.39 is 6.10 Å². The summed E-state index contributed by atoms with van der Waals surface area (Å²) in [4.78, 5) is 4.48. The number of imidazole rings is 1. The Morgan fingerprint density at radius 1 is 1.20 bits per heavy atom. The minimum absolute atomic E-state index is 0.674. The van der Waals surface area contributed by atoms with Crippen LogP contribution in [0.3, 0.4) is 0 Å².